The molecular weight excluding hydrogens is 344 g/mol. The number of hydrogen-bond acceptors (Lipinski definition) is 6. The lowest BCUT2D eigenvalue weighted by molar-refractivity contribution is -0.384. The fraction of sp³-hybridized carbons (Fsp3) is 0.200. The van der Waals surface area contributed by atoms with Crippen LogP contribution in [-0.2, 0) is 0 Å². The van der Waals surface area contributed by atoms with E-state index in [0.717, 1.165) is 36.1 Å². The number of likely N-dealkylation sites (N-methyl/N-ethyl adjacent to an activating group) is 1. The molecule has 136 valence electrons. The number of fused-ring (bicyclic) bond motifs is 1. The minimum atomic E-state index is -0.432. The van der Waals surface area contributed by atoms with Crippen LogP contribution in [0.25, 0.3) is 16.5 Å². The third kappa shape index (κ3) is 3.63. The Morgan fingerprint density at radius 2 is 2.00 bits per heavy atom. The van der Waals surface area contributed by atoms with Crippen molar-refractivity contribution in [1.82, 2.24) is 14.9 Å². The highest BCUT2D eigenvalue weighted by Crippen LogP contribution is 2.31. The SMILES string of the molecule is CN1CC=C(c2cc3c(Oc4ccc([N+](=O)[O-])cc4)ccnc3cn2)CC1. The molecule has 0 unspecified atom stereocenters. The summed E-state index contributed by atoms with van der Waals surface area (Å²) in [5.74, 6) is 1.18. The zero-order chi connectivity index (χ0) is 18.8. The van der Waals surface area contributed by atoms with Gasteiger partial charge < -0.3 is 9.64 Å². The van der Waals surface area contributed by atoms with Gasteiger partial charge in [-0.1, -0.05) is 6.08 Å². The highest BCUT2D eigenvalue weighted by Gasteiger charge is 2.13. The molecule has 0 fully saturated rings. The first kappa shape index (κ1) is 17.1. The highest BCUT2D eigenvalue weighted by molar-refractivity contribution is 5.87. The van der Waals surface area contributed by atoms with E-state index < -0.39 is 4.92 Å². The van der Waals surface area contributed by atoms with Gasteiger partial charge in [-0.2, -0.15) is 0 Å². The minimum Gasteiger partial charge on any atom is -0.457 e. The van der Waals surface area contributed by atoms with Crippen LogP contribution in [0, 0.1) is 10.1 Å². The zero-order valence-electron chi connectivity index (χ0n) is 14.8. The van der Waals surface area contributed by atoms with Crippen molar-refractivity contribution >= 4 is 22.2 Å². The highest BCUT2D eigenvalue weighted by atomic mass is 16.6. The summed E-state index contributed by atoms with van der Waals surface area (Å²) < 4.78 is 5.97. The molecule has 1 aromatic carbocycles. The summed E-state index contributed by atoms with van der Waals surface area (Å²) in [6.45, 7) is 1.92. The lowest BCUT2D eigenvalue weighted by Crippen LogP contribution is -2.23. The molecule has 3 aromatic rings. The van der Waals surface area contributed by atoms with Gasteiger partial charge in [0.2, 0.25) is 0 Å². The predicted molar refractivity (Wildman–Crippen MR) is 103 cm³/mol. The molecule has 0 N–H and O–H groups in total. The van der Waals surface area contributed by atoms with Crippen molar-refractivity contribution in [2.45, 2.75) is 6.42 Å². The van der Waals surface area contributed by atoms with E-state index in [9.17, 15) is 10.1 Å². The smallest absolute Gasteiger partial charge is 0.269 e. The van der Waals surface area contributed by atoms with E-state index in [2.05, 4.69) is 28.0 Å². The number of benzene rings is 1. The van der Waals surface area contributed by atoms with Gasteiger partial charge in [0.15, 0.2) is 0 Å². The molecule has 3 heterocycles. The first-order chi connectivity index (χ1) is 13.1. The lowest BCUT2D eigenvalue weighted by Gasteiger charge is -2.21. The van der Waals surface area contributed by atoms with Crippen molar-refractivity contribution in [2.24, 2.45) is 0 Å². The lowest BCUT2D eigenvalue weighted by atomic mass is 10.0. The van der Waals surface area contributed by atoms with Crippen LogP contribution in [0.2, 0.25) is 0 Å². The number of nitro groups is 1. The molecule has 2 aromatic heterocycles. The normalized spacial score (nSPS) is 14.8. The third-order valence-electron chi connectivity index (χ3n) is 4.60. The summed E-state index contributed by atoms with van der Waals surface area (Å²) in [7, 11) is 2.10. The Labute approximate surface area is 156 Å². The second kappa shape index (κ2) is 7.13. The fourth-order valence-corrected chi connectivity index (χ4v) is 3.05. The number of pyridine rings is 2. The molecule has 0 saturated heterocycles. The third-order valence-corrected chi connectivity index (χ3v) is 4.60. The molecule has 1 aliphatic rings. The molecule has 0 amide bonds. The number of rotatable bonds is 4. The Hall–Kier alpha value is -3.32. The molecule has 0 saturated carbocycles. The number of hydrogen-bond donors (Lipinski definition) is 0. The van der Waals surface area contributed by atoms with E-state index in [1.807, 2.05) is 6.07 Å². The first-order valence-electron chi connectivity index (χ1n) is 8.65. The maximum atomic E-state index is 10.8. The van der Waals surface area contributed by atoms with Crippen LogP contribution < -0.4 is 4.74 Å². The number of nitrogens with zero attached hydrogens (tertiary/aromatic N) is 4. The standard InChI is InChI=1S/C20H18N4O3/c1-23-10-7-14(8-11-23)18-12-17-19(13-22-18)21-9-6-20(17)27-16-4-2-15(3-5-16)24(25)26/h2-7,9,12-13H,8,10-11H2,1H3. The number of ether oxygens (including phenoxy) is 1. The molecule has 0 aliphatic carbocycles. The van der Waals surface area contributed by atoms with Crippen LogP contribution in [0.3, 0.4) is 0 Å². The van der Waals surface area contributed by atoms with Crippen molar-refractivity contribution in [1.29, 1.82) is 0 Å². The molecule has 0 radical (unpaired) electrons. The van der Waals surface area contributed by atoms with Crippen LogP contribution in [0.4, 0.5) is 5.69 Å². The van der Waals surface area contributed by atoms with E-state index in [4.69, 9.17) is 4.74 Å². The van der Waals surface area contributed by atoms with Gasteiger partial charge in [-0.25, -0.2) is 0 Å². The molecule has 4 rings (SSSR count). The Morgan fingerprint density at radius 1 is 1.19 bits per heavy atom. The largest absolute Gasteiger partial charge is 0.457 e. The summed E-state index contributed by atoms with van der Waals surface area (Å²) in [5, 5.41) is 11.7. The average Bonchev–Trinajstić information content (AvgIpc) is 2.69. The van der Waals surface area contributed by atoms with E-state index in [1.54, 1.807) is 30.6 Å². The zero-order valence-corrected chi connectivity index (χ0v) is 14.8. The van der Waals surface area contributed by atoms with Crippen LogP contribution in [0.15, 0.2) is 54.9 Å². The molecule has 1 aliphatic heterocycles. The Morgan fingerprint density at radius 3 is 2.70 bits per heavy atom. The van der Waals surface area contributed by atoms with Gasteiger partial charge in [0, 0.05) is 36.8 Å². The summed E-state index contributed by atoms with van der Waals surface area (Å²) in [5.41, 5.74) is 2.92. The van der Waals surface area contributed by atoms with Gasteiger partial charge in [-0.3, -0.25) is 20.1 Å². The quantitative estimate of drug-likeness (QED) is 0.514. The minimum absolute atomic E-state index is 0.0302. The summed E-state index contributed by atoms with van der Waals surface area (Å²) in [6.07, 6.45) is 6.57. The van der Waals surface area contributed by atoms with E-state index >= 15 is 0 Å². The summed E-state index contributed by atoms with van der Waals surface area (Å²) in [4.78, 5) is 21.5. The van der Waals surface area contributed by atoms with Crippen molar-refractivity contribution in [2.75, 3.05) is 20.1 Å². The fourth-order valence-electron chi connectivity index (χ4n) is 3.05. The van der Waals surface area contributed by atoms with Gasteiger partial charge in [-0.05, 0) is 43.3 Å². The van der Waals surface area contributed by atoms with Crippen LogP contribution in [0.1, 0.15) is 12.1 Å². The second-order valence-corrected chi connectivity index (χ2v) is 6.49. The van der Waals surface area contributed by atoms with Gasteiger partial charge in [0.1, 0.15) is 11.5 Å². The molecule has 27 heavy (non-hydrogen) atoms. The number of non-ortho nitro benzene ring substituents is 1. The molecule has 0 spiro atoms. The molecule has 0 bridgehead atoms. The summed E-state index contributed by atoms with van der Waals surface area (Å²) in [6, 6.07) is 9.82. The Kier molecular flexibility index (Phi) is 4.52. The van der Waals surface area contributed by atoms with Gasteiger partial charge in [0.25, 0.3) is 5.69 Å². The molecular formula is C20H18N4O3. The number of nitro benzene ring substituents is 1. The maximum absolute atomic E-state index is 10.8. The predicted octanol–water partition coefficient (Wildman–Crippen LogP) is 4.05. The second-order valence-electron chi connectivity index (χ2n) is 6.49. The van der Waals surface area contributed by atoms with E-state index in [-0.39, 0.29) is 5.69 Å². The van der Waals surface area contributed by atoms with E-state index in [0.29, 0.717) is 11.5 Å². The topological polar surface area (TPSA) is 81.4 Å². The van der Waals surface area contributed by atoms with Crippen molar-refractivity contribution in [3.05, 3.63) is 70.7 Å². The van der Waals surface area contributed by atoms with Crippen LogP contribution in [-0.4, -0.2) is 39.9 Å². The monoisotopic (exact) mass is 362 g/mol. The van der Waals surface area contributed by atoms with Crippen molar-refractivity contribution in [3.8, 4) is 11.5 Å². The first-order valence-corrected chi connectivity index (χ1v) is 8.65. The van der Waals surface area contributed by atoms with E-state index in [1.165, 1.54) is 17.7 Å². The Bertz CT molecular complexity index is 1030. The maximum Gasteiger partial charge on any atom is 0.269 e. The molecule has 7 heteroatoms. The van der Waals surface area contributed by atoms with Crippen molar-refractivity contribution in [3.63, 3.8) is 0 Å². The molecule has 7 nitrogen and oxygen atoms in total. The van der Waals surface area contributed by atoms with Crippen LogP contribution in [0.5, 0.6) is 11.5 Å². The average molecular weight is 362 g/mol. The number of aromatic nitrogens is 2. The van der Waals surface area contributed by atoms with Crippen LogP contribution >= 0.6 is 0 Å². The summed E-state index contributed by atoms with van der Waals surface area (Å²) >= 11 is 0. The van der Waals surface area contributed by atoms with Crippen molar-refractivity contribution < 1.29 is 9.66 Å². The van der Waals surface area contributed by atoms with Gasteiger partial charge in [-0.15, -0.1) is 0 Å². The van der Waals surface area contributed by atoms with Gasteiger partial charge in [0.05, 0.1) is 22.3 Å². The van der Waals surface area contributed by atoms with Gasteiger partial charge >= 0.3 is 0 Å². The Balaban J connectivity index is 1.68. The molecule has 0 atom stereocenters.